The number of hydrogen-bond acceptors (Lipinski definition) is 19. The maximum atomic E-state index is 5.09. The summed E-state index contributed by atoms with van der Waals surface area (Å²) < 4.78 is 29.1. The van der Waals surface area contributed by atoms with E-state index in [1.165, 1.54) is 180 Å². The number of nitrogens with zero attached hydrogens (tertiary/aromatic N) is 20. The van der Waals surface area contributed by atoms with Gasteiger partial charge >= 0.3 is 0 Å². The van der Waals surface area contributed by atoms with Crippen LogP contribution in [0.4, 0.5) is 44.1 Å². The fraction of sp³-hybridized carbons (Fsp3) is 0.365. The molecule has 24 nitrogen and oxygen atoms in total. The first kappa shape index (κ1) is 73.6. The van der Waals surface area contributed by atoms with Crippen LogP contribution in [0.25, 0.3) is 67.1 Å². The molecule has 16 aromatic rings. The minimum absolute atomic E-state index is 0.515. The van der Waals surface area contributed by atoms with E-state index < -0.39 is 0 Å². The van der Waals surface area contributed by atoms with E-state index >= 15 is 0 Å². The zero-order chi connectivity index (χ0) is 76.2. The minimum atomic E-state index is 0.515. The monoisotopic (exact) mass is 1550 g/mol. The van der Waals surface area contributed by atoms with E-state index in [2.05, 4.69) is 194 Å². The SMILES string of the molecule is Cc1cc(Nc2cc(C3CCCCC3)nc3c(-c4ccn(C)c4)cnn23)sn1.Cc1cc(Nc2cc(C3CCCCC3)nc3c(-c4ccn(C)c4)cnn23)sn1.Cc1cc(Nc2cc(C3CCCCC3)nc3c(-c4ccn(C)c4)cnn23)sn1.Cn1ccc(-c2cnn3c(Nc4ccccn4)cc(C4CCCCC4)nc23)c1. The van der Waals surface area contributed by atoms with Crippen LogP contribution in [0.5, 0.6) is 0 Å². The van der Waals surface area contributed by atoms with Crippen LogP contribution >= 0.6 is 34.6 Å². The summed E-state index contributed by atoms with van der Waals surface area (Å²) in [6.07, 6.45) is 51.6. The van der Waals surface area contributed by atoms with Crippen molar-refractivity contribution in [1.82, 2.24) is 94.8 Å². The third-order valence-corrected chi connectivity index (χ3v) is 24.6. The van der Waals surface area contributed by atoms with Crippen LogP contribution < -0.4 is 21.3 Å². The number of rotatable bonds is 16. The number of nitrogens with one attached hydrogen (secondary N) is 4. The lowest BCUT2D eigenvalue weighted by Crippen LogP contribution is -2.10. The van der Waals surface area contributed by atoms with Gasteiger partial charge in [-0.1, -0.05) is 83.1 Å². The Hall–Kier alpha value is -11.2. The van der Waals surface area contributed by atoms with Crippen LogP contribution in [0.3, 0.4) is 0 Å². The molecule has 27 heteroatoms. The van der Waals surface area contributed by atoms with Crippen molar-refractivity contribution in [1.29, 1.82) is 0 Å². The summed E-state index contributed by atoms with van der Waals surface area (Å²) in [4.78, 5) is 24.8. The molecule has 574 valence electrons. The van der Waals surface area contributed by atoms with Gasteiger partial charge in [-0.3, -0.25) is 0 Å². The van der Waals surface area contributed by atoms with E-state index in [9.17, 15) is 0 Å². The molecule has 4 fully saturated rings. The molecule has 0 aromatic carbocycles. The van der Waals surface area contributed by atoms with Gasteiger partial charge in [-0.05, 0) is 161 Å². The second-order valence-electron chi connectivity index (χ2n) is 30.8. The second-order valence-corrected chi connectivity index (χ2v) is 33.2. The van der Waals surface area contributed by atoms with Crippen molar-refractivity contribution in [3.8, 4) is 44.5 Å². The number of anilines is 8. The van der Waals surface area contributed by atoms with E-state index in [1.807, 2.05) is 110 Å². The number of fused-ring (bicyclic) bond motifs is 4. The van der Waals surface area contributed by atoms with Crippen LogP contribution in [-0.2, 0) is 28.2 Å². The Bertz CT molecular complexity index is 5440. The van der Waals surface area contributed by atoms with Crippen LogP contribution in [-0.4, -0.2) is 94.8 Å². The first-order valence-electron chi connectivity index (χ1n) is 39.6. The molecular formula is C85H96N24S3. The summed E-state index contributed by atoms with van der Waals surface area (Å²) in [6, 6.07) is 29.2. The zero-order valence-corrected chi connectivity index (χ0v) is 67.2. The van der Waals surface area contributed by atoms with Crippen molar-refractivity contribution in [2.24, 2.45) is 28.2 Å². The maximum Gasteiger partial charge on any atom is 0.165 e. The average molecular weight is 1550 g/mol. The Labute approximate surface area is 664 Å². The molecule has 0 aliphatic heterocycles. The molecule has 4 saturated carbocycles. The average Bonchev–Trinajstić information content (AvgIpc) is 1.62. The lowest BCUT2D eigenvalue weighted by atomic mass is 9.87. The largest absolute Gasteiger partial charge is 0.357 e. The van der Waals surface area contributed by atoms with Gasteiger partial charge in [0.15, 0.2) is 22.6 Å². The van der Waals surface area contributed by atoms with Gasteiger partial charge < -0.3 is 39.5 Å². The van der Waals surface area contributed by atoms with Crippen molar-refractivity contribution >= 4 is 101 Å². The Morgan fingerprint density at radius 3 is 0.839 bits per heavy atom. The summed E-state index contributed by atoms with van der Waals surface area (Å²) >= 11 is 4.42. The third kappa shape index (κ3) is 16.4. The lowest BCUT2D eigenvalue weighted by molar-refractivity contribution is 0.437. The lowest BCUT2D eigenvalue weighted by Gasteiger charge is -2.22. The predicted octanol–water partition coefficient (Wildman–Crippen LogP) is 20.8. The molecule has 20 rings (SSSR count). The molecule has 4 aliphatic carbocycles. The van der Waals surface area contributed by atoms with Gasteiger partial charge in [-0.2, -0.15) is 51.6 Å². The number of aryl methyl sites for hydroxylation is 7. The van der Waals surface area contributed by atoms with Gasteiger partial charge in [0.05, 0.1) is 41.9 Å². The molecule has 4 aliphatic rings. The number of pyridine rings is 1. The summed E-state index contributed by atoms with van der Waals surface area (Å²) in [5.41, 5.74) is 20.2. The van der Waals surface area contributed by atoms with Gasteiger partial charge in [-0.15, -0.1) is 0 Å². The highest BCUT2D eigenvalue weighted by atomic mass is 32.1. The fourth-order valence-corrected chi connectivity index (χ4v) is 18.4. The molecular weight excluding hydrogens is 1450 g/mol. The highest BCUT2D eigenvalue weighted by molar-refractivity contribution is 7.10. The van der Waals surface area contributed by atoms with Crippen LogP contribution in [0.2, 0.25) is 0 Å². The summed E-state index contributed by atoms with van der Waals surface area (Å²) in [5, 5.41) is 35.7. The molecule has 0 atom stereocenters. The minimum Gasteiger partial charge on any atom is -0.357 e. The Kier molecular flexibility index (Phi) is 21.7. The van der Waals surface area contributed by atoms with Gasteiger partial charge in [0.1, 0.15) is 44.1 Å². The van der Waals surface area contributed by atoms with E-state index in [0.29, 0.717) is 23.7 Å². The summed E-state index contributed by atoms with van der Waals surface area (Å²) in [5.74, 6) is 6.68. The number of aromatic nitrogens is 20. The Morgan fingerprint density at radius 1 is 0.330 bits per heavy atom. The molecule has 0 spiro atoms. The molecule has 0 bridgehead atoms. The van der Waals surface area contributed by atoms with Crippen LogP contribution in [0.15, 0.2) is 165 Å². The zero-order valence-electron chi connectivity index (χ0n) is 64.7. The van der Waals surface area contributed by atoms with Crippen molar-refractivity contribution in [2.75, 3.05) is 21.3 Å². The van der Waals surface area contributed by atoms with Gasteiger partial charge in [0, 0.05) is 199 Å². The second kappa shape index (κ2) is 33.0. The molecule has 4 N–H and O–H groups in total. The fourth-order valence-electron chi connectivity index (χ4n) is 16.4. The molecule has 0 radical (unpaired) electrons. The quantitative estimate of drug-likeness (QED) is 0.0703. The van der Waals surface area contributed by atoms with Crippen molar-refractivity contribution in [3.63, 3.8) is 0 Å². The highest BCUT2D eigenvalue weighted by Gasteiger charge is 2.27. The van der Waals surface area contributed by atoms with Crippen molar-refractivity contribution in [3.05, 3.63) is 205 Å². The van der Waals surface area contributed by atoms with Crippen molar-refractivity contribution < 1.29 is 0 Å². The standard InChI is InChI=1S/C22H24N6.3C21H24N6S/c1-27-12-10-17(15-27)18-14-24-28-21(26-20-9-5-6-11-23-20)13-19(25-22(18)28)16-7-3-2-4-8-16;3*1-14-10-20(28-25-14)24-19-11-18(15-6-4-3-5-7-15)23-21-17(12-22-27(19)21)16-8-9-26(2)13-16/h5-6,9-16H,2-4,7-8H2,1H3,(H,23,26);3*8-13,15,24H,3-7H2,1-2H3. The van der Waals surface area contributed by atoms with Gasteiger partial charge in [0.25, 0.3) is 0 Å². The normalized spacial score (nSPS) is 15.3. The Morgan fingerprint density at radius 2 is 0.607 bits per heavy atom. The summed E-state index contributed by atoms with van der Waals surface area (Å²) in [6.45, 7) is 6.04. The number of hydrogen-bond donors (Lipinski definition) is 4. The first-order valence-corrected chi connectivity index (χ1v) is 41.9. The molecule has 16 heterocycles. The van der Waals surface area contributed by atoms with E-state index in [-0.39, 0.29) is 0 Å². The maximum absolute atomic E-state index is 5.09. The van der Waals surface area contributed by atoms with Crippen molar-refractivity contribution in [2.45, 2.75) is 173 Å². The van der Waals surface area contributed by atoms with Gasteiger partial charge in [0.2, 0.25) is 0 Å². The first-order chi connectivity index (χ1) is 54.8. The molecule has 0 saturated heterocycles. The summed E-state index contributed by atoms with van der Waals surface area (Å²) in [7, 11) is 8.14. The van der Waals surface area contributed by atoms with Crippen LogP contribution in [0.1, 0.15) is 192 Å². The molecule has 16 aromatic heterocycles. The topological polar surface area (TPSA) is 240 Å². The van der Waals surface area contributed by atoms with Gasteiger partial charge in [-0.25, -0.2) is 24.9 Å². The van der Waals surface area contributed by atoms with E-state index in [0.717, 1.165) is 134 Å². The smallest absolute Gasteiger partial charge is 0.165 e. The molecule has 0 amide bonds. The van der Waals surface area contributed by atoms with Crippen LogP contribution in [0, 0.1) is 20.8 Å². The molecule has 0 unspecified atom stereocenters. The Balaban J connectivity index is 0.000000108. The predicted molar refractivity (Wildman–Crippen MR) is 451 cm³/mol. The van der Waals surface area contributed by atoms with E-state index in [1.54, 1.807) is 6.20 Å². The van der Waals surface area contributed by atoms with E-state index in [4.69, 9.17) is 19.9 Å². The third-order valence-electron chi connectivity index (χ3n) is 22.2. The molecule has 112 heavy (non-hydrogen) atoms. The highest BCUT2D eigenvalue weighted by Crippen LogP contribution is 2.42.